The molecule has 0 N–H and O–H groups in total. The molecule has 0 atom stereocenters. The minimum atomic E-state index is 0.362. The minimum Gasteiger partial charge on any atom is -0.394 e. The van der Waals surface area contributed by atoms with Crippen molar-refractivity contribution in [3.63, 3.8) is 0 Å². The van der Waals surface area contributed by atoms with Gasteiger partial charge in [0.15, 0.2) is 0 Å². The first-order valence-electron chi connectivity index (χ1n) is 5.16. The van der Waals surface area contributed by atoms with Crippen molar-refractivity contribution in [2.24, 2.45) is 0 Å². The van der Waals surface area contributed by atoms with Crippen LogP contribution in [0.25, 0.3) is 0 Å². The summed E-state index contributed by atoms with van der Waals surface area (Å²) in [7, 11) is 0. The van der Waals surface area contributed by atoms with Crippen LogP contribution in [0.3, 0.4) is 0 Å². The summed E-state index contributed by atoms with van der Waals surface area (Å²) in [6.45, 7) is 6.80. The molecule has 0 unspecified atom stereocenters. The molecule has 0 saturated carbocycles. The normalized spacial score (nSPS) is 10.3. The largest absolute Gasteiger partial charge is 0.394 e. The molecule has 0 amide bonds. The lowest BCUT2D eigenvalue weighted by atomic mass is 10.3. The van der Waals surface area contributed by atoms with E-state index >= 15 is 0 Å². The average Bonchev–Trinajstić information content (AvgIpc) is 2.32. The Morgan fingerprint density at radius 2 is 1.76 bits per heavy atom. The Hall–Kier alpha value is -0.630. The first-order chi connectivity index (χ1) is 8.27. The van der Waals surface area contributed by atoms with Gasteiger partial charge in [0.1, 0.15) is 0 Å². The summed E-state index contributed by atoms with van der Waals surface area (Å²) in [5.74, 6) is 0.872. The van der Waals surface area contributed by atoms with E-state index in [1.807, 2.05) is 26.8 Å². The number of rotatable bonds is 8. The molecule has 0 spiro atoms. The summed E-state index contributed by atoms with van der Waals surface area (Å²) in [6.07, 6.45) is 1.69. The van der Waals surface area contributed by atoms with E-state index < -0.39 is 0 Å². The molecule has 96 valence electrons. The van der Waals surface area contributed by atoms with Gasteiger partial charge in [-0.1, -0.05) is 0 Å². The molecule has 17 heavy (non-hydrogen) atoms. The second kappa shape index (κ2) is 8.46. The van der Waals surface area contributed by atoms with Crippen LogP contribution >= 0.6 is 24.6 Å². The van der Waals surface area contributed by atoms with Gasteiger partial charge in [0.05, 0.1) is 13.2 Å². The summed E-state index contributed by atoms with van der Waals surface area (Å²) >= 11 is 1.77. The molecule has 1 heterocycles. The highest BCUT2D eigenvalue weighted by molar-refractivity contribution is 7.90. The predicted octanol–water partition coefficient (Wildman–Crippen LogP) is 3.35. The van der Waals surface area contributed by atoms with Crippen LogP contribution in [0.15, 0.2) is 12.3 Å². The Balaban J connectivity index is 2.59. The summed E-state index contributed by atoms with van der Waals surface area (Å²) in [5, 5.41) is 0. The SMILES string of the molecule is CCOSOc1cc(C)cnc1OSOCC. The van der Waals surface area contributed by atoms with Crippen molar-refractivity contribution in [2.45, 2.75) is 20.8 Å². The van der Waals surface area contributed by atoms with Crippen LogP contribution in [0.2, 0.25) is 0 Å². The van der Waals surface area contributed by atoms with Crippen molar-refractivity contribution in [2.75, 3.05) is 13.2 Å². The van der Waals surface area contributed by atoms with Crippen LogP contribution in [0.4, 0.5) is 0 Å². The van der Waals surface area contributed by atoms with Gasteiger partial charge in [-0.3, -0.25) is 8.37 Å². The van der Waals surface area contributed by atoms with Crippen LogP contribution in [-0.4, -0.2) is 18.2 Å². The fourth-order valence-electron chi connectivity index (χ4n) is 0.865. The number of nitrogens with zero attached hydrogens (tertiary/aromatic N) is 1. The summed E-state index contributed by atoms with van der Waals surface area (Å²) < 4.78 is 20.6. The quantitative estimate of drug-likeness (QED) is 0.533. The molecule has 0 aliphatic heterocycles. The maximum absolute atomic E-state index is 5.33. The molecule has 1 aromatic rings. The van der Waals surface area contributed by atoms with Crippen LogP contribution < -0.4 is 8.37 Å². The molecule has 7 heteroatoms. The molecule has 0 aromatic carbocycles. The Kier molecular flexibility index (Phi) is 7.18. The van der Waals surface area contributed by atoms with E-state index in [0.29, 0.717) is 24.8 Å². The second-order valence-electron chi connectivity index (χ2n) is 2.93. The van der Waals surface area contributed by atoms with Crippen LogP contribution in [0, 0.1) is 6.92 Å². The summed E-state index contributed by atoms with van der Waals surface area (Å²) in [4.78, 5) is 4.11. The van der Waals surface area contributed by atoms with E-state index in [1.54, 1.807) is 6.20 Å². The van der Waals surface area contributed by atoms with Gasteiger partial charge < -0.3 is 8.37 Å². The molecule has 1 aromatic heterocycles. The van der Waals surface area contributed by atoms with Crippen molar-refractivity contribution in [3.05, 3.63) is 17.8 Å². The van der Waals surface area contributed by atoms with Gasteiger partial charge >= 0.3 is 0 Å². The van der Waals surface area contributed by atoms with Gasteiger partial charge in [-0.2, -0.15) is 0 Å². The molecular formula is C10H15NO4S2. The van der Waals surface area contributed by atoms with Crippen molar-refractivity contribution in [1.82, 2.24) is 4.98 Å². The second-order valence-corrected chi connectivity index (χ2v) is 4.01. The van der Waals surface area contributed by atoms with E-state index in [-0.39, 0.29) is 0 Å². The molecule has 0 radical (unpaired) electrons. The summed E-state index contributed by atoms with van der Waals surface area (Å²) in [6, 6.07) is 1.82. The zero-order valence-electron chi connectivity index (χ0n) is 9.97. The topological polar surface area (TPSA) is 49.8 Å². The van der Waals surface area contributed by atoms with Crippen LogP contribution in [-0.2, 0) is 8.37 Å². The number of pyridine rings is 1. The molecular weight excluding hydrogens is 262 g/mol. The summed E-state index contributed by atoms with van der Waals surface area (Å²) in [5.41, 5.74) is 0.978. The van der Waals surface area contributed by atoms with Crippen molar-refractivity contribution in [1.29, 1.82) is 0 Å². The fraction of sp³-hybridized carbons (Fsp3) is 0.500. The molecule has 1 rings (SSSR count). The standard InChI is InChI=1S/C10H15NO4S2/c1-4-12-16-14-9-6-8(3)7-11-10(9)15-17-13-5-2/h6-7H,4-5H2,1-3H3. The van der Waals surface area contributed by atoms with E-state index in [0.717, 1.165) is 30.2 Å². The monoisotopic (exact) mass is 277 g/mol. The van der Waals surface area contributed by atoms with Crippen LogP contribution in [0.1, 0.15) is 19.4 Å². The molecule has 0 saturated heterocycles. The smallest absolute Gasteiger partial charge is 0.274 e. The molecule has 0 aliphatic carbocycles. The maximum Gasteiger partial charge on any atom is 0.274 e. The highest BCUT2D eigenvalue weighted by atomic mass is 32.2. The first-order valence-corrected chi connectivity index (χ1v) is 6.50. The Labute approximate surface area is 110 Å². The van der Waals surface area contributed by atoms with Crippen molar-refractivity contribution >= 4 is 24.6 Å². The van der Waals surface area contributed by atoms with E-state index in [1.165, 1.54) is 0 Å². The Bertz CT molecular complexity index is 338. The van der Waals surface area contributed by atoms with Crippen LogP contribution in [0.5, 0.6) is 11.6 Å². The number of hydrogen-bond acceptors (Lipinski definition) is 7. The lowest BCUT2D eigenvalue weighted by Gasteiger charge is -2.08. The van der Waals surface area contributed by atoms with Gasteiger partial charge in [-0.15, -0.1) is 0 Å². The van der Waals surface area contributed by atoms with Crippen molar-refractivity contribution in [3.8, 4) is 11.6 Å². The van der Waals surface area contributed by atoms with Gasteiger partial charge in [0, 0.05) is 6.20 Å². The third kappa shape index (κ3) is 5.49. The molecule has 5 nitrogen and oxygen atoms in total. The third-order valence-electron chi connectivity index (χ3n) is 1.52. The predicted molar refractivity (Wildman–Crippen MR) is 68.7 cm³/mol. The van der Waals surface area contributed by atoms with Gasteiger partial charge in [-0.05, 0) is 32.4 Å². The molecule has 0 fully saturated rings. The lowest BCUT2D eigenvalue weighted by Crippen LogP contribution is -1.94. The maximum atomic E-state index is 5.33. The number of aromatic nitrogens is 1. The molecule has 0 bridgehead atoms. The fourth-order valence-corrected chi connectivity index (χ4v) is 1.54. The lowest BCUT2D eigenvalue weighted by molar-refractivity contribution is 0.356. The Morgan fingerprint density at radius 3 is 2.41 bits per heavy atom. The zero-order chi connectivity index (χ0) is 12.5. The first kappa shape index (κ1) is 14.4. The number of aryl methyl sites for hydroxylation is 1. The highest BCUT2D eigenvalue weighted by Gasteiger charge is 2.09. The average molecular weight is 277 g/mol. The van der Waals surface area contributed by atoms with E-state index in [4.69, 9.17) is 16.7 Å². The Morgan fingerprint density at radius 1 is 1.12 bits per heavy atom. The molecule has 0 aliphatic rings. The van der Waals surface area contributed by atoms with Gasteiger partial charge in [0.2, 0.25) is 30.4 Å². The van der Waals surface area contributed by atoms with Gasteiger partial charge in [-0.25, -0.2) is 4.98 Å². The highest BCUT2D eigenvalue weighted by Crippen LogP contribution is 2.31. The van der Waals surface area contributed by atoms with Gasteiger partial charge in [0.25, 0.3) is 5.88 Å². The number of hydrogen-bond donors (Lipinski definition) is 0. The van der Waals surface area contributed by atoms with Crippen molar-refractivity contribution < 1.29 is 16.7 Å². The van der Waals surface area contributed by atoms with E-state index in [9.17, 15) is 0 Å². The minimum absolute atomic E-state index is 0.362. The van der Waals surface area contributed by atoms with E-state index in [2.05, 4.69) is 4.98 Å². The third-order valence-corrected chi connectivity index (χ3v) is 2.66. The zero-order valence-corrected chi connectivity index (χ0v) is 11.6.